The van der Waals surface area contributed by atoms with Gasteiger partial charge in [0.15, 0.2) is 11.6 Å². The molecule has 248 valence electrons. The molecule has 5 heterocycles. The Hall–Kier alpha value is -7.38. The predicted molar refractivity (Wildman–Crippen MR) is 214 cm³/mol. The highest BCUT2D eigenvalue weighted by Gasteiger charge is 2.25. The van der Waals surface area contributed by atoms with E-state index in [0.29, 0.717) is 17.6 Å². The summed E-state index contributed by atoms with van der Waals surface area (Å²) in [6.45, 7) is 0. The molecule has 5 aromatic heterocycles. The van der Waals surface area contributed by atoms with E-state index in [1.165, 1.54) is 10.8 Å². The summed E-state index contributed by atoms with van der Waals surface area (Å²) in [7, 11) is 0. The Labute approximate surface area is 303 Å². The number of hydrogen-bond acceptors (Lipinski definition) is 4. The van der Waals surface area contributed by atoms with Crippen molar-refractivity contribution < 1.29 is 0 Å². The molecule has 11 rings (SSSR count). The molecular formula is C46H29N7. The second-order valence-corrected chi connectivity index (χ2v) is 13.1. The van der Waals surface area contributed by atoms with Crippen molar-refractivity contribution in [1.82, 2.24) is 33.6 Å². The van der Waals surface area contributed by atoms with Crippen LogP contribution in [0.3, 0.4) is 0 Å². The average molecular weight is 680 g/mol. The van der Waals surface area contributed by atoms with Crippen LogP contribution in [0.2, 0.25) is 0 Å². The Bertz CT molecular complexity index is 3060. The zero-order valence-electron chi connectivity index (χ0n) is 28.4. The van der Waals surface area contributed by atoms with Crippen LogP contribution in [0.4, 0.5) is 0 Å². The molecule has 0 aliphatic carbocycles. The lowest BCUT2D eigenvalue weighted by Gasteiger charge is -2.14. The van der Waals surface area contributed by atoms with Crippen LogP contribution in [-0.4, -0.2) is 33.6 Å². The molecule has 0 saturated carbocycles. The molecule has 0 fully saturated rings. The maximum Gasteiger partial charge on any atom is 0.239 e. The third-order valence-electron chi connectivity index (χ3n) is 10.1. The number of fused-ring (bicyclic) bond motifs is 8. The van der Waals surface area contributed by atoms with Gasteiger partial charge in [-0.2, -0.15) is 9.97 Å². The topological polar surface area (TPSA) is 66.3 Å². The molecule has 0 unspecified atom stereocenters. The summed E-state index contributed by atoms with van der Waals surface area (Å²) in [5.74, 6) is 3.38. The standard InChI is InChI=1S/C46H29N7/c1-3-16-30(17-4-1)43-48-44(31-18-5-2-6-19-31)50-46(49-43)53-39-27-14-10-23-35(39)42-34-22-9-13-26-38(34)52(45(42)53)41-29-15-28-40(47-41)51-36-24-11-7-20-32(36)33-21-8-12-25-37(33)51/h1-29H. The fraction of sp³-hybridized carbons (Fsp3) is 0. The molecule has 0 spiro atoms. The van der Waals surface area contributed by atoms with Gasteiger partial charge in [0, 0.05) is 38.1 Å². The molecule has 0 radical (unpaired) electrons. The van der Waals surface area contributed by atoms with Gasteiger partial charge in [-0.3, -0.25) is 13.7 Å². The number of benzene rings is 6. The molecule has 7 heteroatoms. The quantitative estimate of drug-likeness (QED) is 0.182. The molecule has 0 atom stereocenters. The number of aromatic nitrogens is 7. The molecular weight excluding hydrogens is 651 g/mol. The van der Waals surface area contributed by atoms with Gasteiger partial charge in [-0.15, -0.1) is 0 Å². The number of pyridine rings is 1. The van der Waals surface area contributed by atoms with Gasteiger partial charge in [-0.25, -0.2) is 9.97 Å². The first-order valence-electron chi connectivity index (χ1n) is 17.7. The zero-order chi connectivity index (χ0) is 34.9. The van der Waals surface area contributed by atoms with Crippen molar-refractivity contribution >= 4 is 54.6 Å². The fourth-order valence-electron chi connectivity index (χ4n) is 7.86. The van der Waals surface area contributed by atoms with Gasteiger partial charge in [0.25, 0.3) is 0 Å². The van der Waals surface area contributed by atoms with Crippen LogP contribution in [0.25, 0.3) is 95.0 Å². The van der Waals surface area contributed by atoms with Crippen molar-refractivity contribution in [3.05, 3.63) is 176 Å². The van der Waals surface area contributed by atoms with Gasteiger partial charge in [0.1, 0.15) is 17.3 Å². The summed E-state index contributed by atoms with van der Waals surface area (Å²) in [6.07, 6.45) is 0. The van der Waals surface area contributed by atoms with Crippen LogP contribution in [0.15, 0.2) is 176 Å². The van der Waals surface area contributed by atoms with Crippen molar-refractivity contribution in [2.24, 2.45) is 0 Å². The largest absolute Gasteiger partial charge is 0.294 e. The lowest BCUT2D eigenvalue weighted by Crippen LogP contribution is -2.09. The molecule has 0 bridgehead atoms. The second kappa shape index (κ2) is 11.6. The summed E-state index contributed by atoms with van der Waals surface area (Å²) in [6, 6.07) is 60.6. The molecule has 0 N–H and O–H groups in total. The Kier molecular flexibility index (Phi) is 6.42. The van der Waals surface area contributed by atoms with Crippen molar-refractivity contribution in [2.75, 3.05) is 0 Å². The highest BCUT2D eigenvalue weighted by atomic mass is 15.3. The normalized spacial score (nSPS) is 11.8. The Balaban J connectivity index is 1.24. The first-order chi connectivity index (χ1) is 26.3. The third kappa shape index (κ3) is 4.47. The fourth-order valence-corrected chi connectivity index (χ4v) is 7.86. The molecule has 0 aliphatic heterocycles. The predicted octanol–water partition coefficient (Wildman–Crippen LogP) is 10.7. The molecule has 11 aromatic rings. The van der Waals surface area contributed by atoms with Crippen LogP contribution >= 0.6 is 0 Å². The van der Waals surface area contributed by atoms with Crippen LogP contribution in [0.5, 0.6) is 0 Å². The maximum atomic E-state index is 5.45. The molecule has 7 nitrogen and oxygen atoms in total. The van der Waals surface area contributed by atoms with Gasteiger partial charge < -0.3 is 0 Å². The molecule has 6 aromatic carbocycles. The van der Waals surface area contributed by atoms with E-state index in [-0.39, 0.29) is 0 Å². The number of rotatable bonds is 5. The highest BCUT2D eigenvalue weighted by Crippen LogP contribution is 2.41. The van der Waals surface area contributed by atoms with Gasteiger partial charge in [-0.1, -0.05) is 140 Å². The van der Waals surface area contributed by atoms with Crippen molar-refractivity contribution in [3.63, 3.8) is 0 Å². The van der Waals surface area contributed by atoms with E-state index in [2.05, 4.69) is 129 Å². The van der Waals surface area contributed by atoms with Crippen LogP contribution in [0, 0.1) is 0 Å². The van der Waals surface area contributed by atoms with Gasteiger partial charge in [-0.05, 0) is 36.4 Å². The van der Waals surface area contributed by atoms with Crippen LogP contribution in [-0.2, 0) is 0 Å². The molecule has 53 heavy (non-hydrogen) atoms. The summed E-state index contributed by atoms with van der Waals surface area (Å²) < 4.78 is 6.70. The van der Waals surface area contributed by atoms with Gasteiger partial charge >= 0.3 is 0 Å². The van der Waals surface area contributed by atoms with E-state index in [0.717, 1.165) is 66.6 Å². The van der Waals surface area contributed by atoms with E-state index in [1.54, 1.807) is 0 Å². The van der Waals surface area contributed by atoms with Gasteiger partial charge in [0.2, 0.25) is 5.95 Å². The van der Waals surface area contributed by atoms with E-state index >= 15 is 0 Å². The Morgan fingerprint density at radius 2 is 0.717 bits per heavy atom. The van der Waals surface area contributed by atoms with E-state index < -0.39 is 0 Å². The van der Waals surface area contributed by atoms with Crippen molar-refractivity contribution in [2.45, 2.75) is 0 Å². The molecule has 0 amide bonds. The van der Waals surface area contributed by atoms with Gasteiger partial charge in [0.05, 0.1) is 22.1 Å². The number of para-hydroxylation sites is 4. The monoisotopic (exact) mass is 679 g/mol. The minimum atomic E-state index is 0.534. The summed E-state index contributed by atoms with van der Waals surface area (Å²) in [4.78, 5) is 20.9. The summed E-state index contributed by atoms with van der Waals surface area (Å²) >= 11 is 0. The second-order valence-electron chi connectivity index (χ2n) is 13.1. The van der Waals surface area contributed by atoms with Crippen LogP contribution < -0.4 is 0 Å². The smallest absolute Gasteiger partial charge is 0.239 e. The summed E-state index contributed by atoms with van der Waals surface area (Å²) in [5.41, 5.74) is 7.04. The first kappa shape index (κ1) is 29.4. The number of nitrogens with zero attached hydrogens (tertiary/aromatic N) is 7. The van der Waals surface area contributed by atoms with Crippen LogP contribution in [0.1, 0.15) is 0 Å². The Morgan fingerprint density at radius 3 is 1.25 bits per heavy atom. The average Bonchev–Trinajstić information content (AvgIpc) is 3.87. The van der Waals surface area contributed by atoms with E-state index in [1.807, 2.05) is 60.7 Å². The molecule has 0 aliphatic rings. The maximum absolute atomic E-state index is 5.45. The lowest BCUT2D eigenvalue weighted by atomic mass is 10.1. The SMILES string of the molecule is c1ccc(-c2nc(-c3ccccc3)nc(-n3c4ccccc4c4c5ccccc5n(-c5cccc(-n6c7ccccc7c7ccccc76)n5)c43)n2)cc1. The third-order valence-corrected chi connectivity index (χ3v) is 10.1. The number of hydrogen-bond donors (Lipinski definition) is 0. The molecule has 0 saturated heterocycles. The highest BCUT2D eigenvalue weighted by molar-refractivity contribution is 6.22. The minimum Gasteiger partial charge on any atom is -0.294 e. The van der Waals surface area contributed by atoms with Crippen molar-refractivity contribution in [3.8, 4) is 40.4 Å². The zero-order valence-corrected chi connectivity index (χ0v) is 28.4. The summed E-state index contributed by atoms with van der Waals surface area (Å²) in [5, 5.41) is 5.74. The minimum absolute atomic E-state index is 0.534. The lowest BCUT2D eigenvalue weighted by molar-refractivity contribution is 0.922. The van der Waals surface area contributed by atoms with E-state index in [9.17, 15) is 0 Å². The van der Waals surface area contributed by atoms with Crippen molar-refractivity contribution in [1.29, 1.82) is 0 Å². The first-order valence-corrected chi connectivity index (χ1v) is 17.7. The Morgan fingerprint density at radius 1 is 0.302 bits per heavy atom. The van der Waals surface area contributed by atoms with E-state index in [4.69, 9.17) is 19.9 Å².